The van der Waals surface area contributed by atoms with Crippen molar-refractivity contribution in [2.24, 2.45) is 4.99 Å². The molecule has 69 valence electrons. The number of anilines is 3. The molecule has 4 nitrogen and oxygen atoms in total. The van der Waals surface area contributed by atoms with E-state index in [1.54, 1.807) is 6.92 Å². The Balaban J connectivity index is 0.00000144. The van der Waals surface area contributed by atoms with E-state index in [1.807, 2.05) is 0 Å². The van der Waals surface area contributed by atoms with Crippen molar-refractivity contribution in [2.45, 2.75) is 6.92 Å². The summed E-state index contributed by atoms with van der Waals surface area (Å²) in [6.45, 7) is 5.11. The van der Waals surface area contributed by atoms with Gasteiger partial charge in [0.2, 0.25) is 0 Å². The van der Waals surface area contributed by atoms with Crippen LogP contribution in [0.4, 0.5) is 22.7 Å². The van der Waals surface area contributed by atoms with Gasteiger partial charge in [-0.25, -0.2) is 0 Å². The quantitative estimate of drug-likeness (QED) is 0.371. The molecule has 0 fully saturated rings. The second-order valence-corrected chi connectivity index (χ2v) is 2.50. The Morgan fingerprint density at radius 1 is 1.23 bits per heavy atom. The van der Waals surface area contributed by atoms with Gasteiger partial charge in [-0.1, -0.05) is 18.3 Å². The van der Waals surface area contributed by atoms with Gasteiger partial charge in [0.25, 0.3) is 0 Å². The third-order valence-electron chi connectivity index (χ3n) is 1.76. The van der Waals surface area contributed by atoms with Crippen LogP contribution in [0.25, 0.3) is 0 Å². The van der Waals surface area contributed by atoms with Crippen molar-refractivity contribution in [1.82, 2.24) is 0 Å². The Morgan fingerprint density at radius 2 is 1.77 bits per heavy atom. The maximum atomic E-state index is 5.65. The number of nitrogens with two attached hydrogens (primary N) is 3. The molecule has 5 heteroatoms. The fraction of sp³-hybridized carbons (Fsp3) is 0.125. The van der Waals surface area contributed by atoms with Crippen molar-refractivity contribution < 1.29 is 29.9 Å². The summed E-state index contributed by atoms with van der Waals surface area (Å²) in [5.41, 5.74) is 19.3. The summed E-state index contributed by atoms with van der Waals surface area (Å²) >= 11 is 0. The monoisotopic (exact) mass is 399 g/mol. The normalized spacial score (nSPS) is 9.00. The number of nitrogens with zero attached hydrogens (tertiary/aromatic N) is 1. The zero-order valence-electron chi connectivity index (χ0n) is 7.33. The standard InChI is InChI=1S/C8H11N4.Np/c1-4-5(9)3-6(12-2)8(11)7(4)10;/h2,9-11H2,1H3;/q-1;. The van der Waals surface area contributed by atoms with E-state index < -0.39 is 0 Å². The molecule has 0 amide bonds. The van der Waals surface area contributed by atoms with Gasteiger partial charge in [-0.3, -0.25) is 4.99 Å². The molecule has 0 aliphatic heterocycles. The predicted octanol–water partition coefficient (Wildman–Crippen LogP) is 0.874. The molecule has 0 unspecified atom stereocenters. The van der Waals surface area contributed by atoms with Crippen LogP contribution in [0.1, 0.15) is 5.56 Å². The molecular formula is C8H11N4Np-. The molecule has 0 heterocycles. The van der Waals surface area contributed by atoms with E-state index in [1.165, 1.54) is 0 Å². The third-order valence-corrected chi connectivity index (χ3v) is 1.76. The Hall–Kier alpha value is -0.697. The Bertz CT molecular complexity index is 335. The maximum absolute atomic E-state index is 5.65. The van der Waals surface area contributed by atoms with Gasteiger partial charge in [0, 0.05) is 29.9 Å². The average molecular weight is 400 g/mol. The molecule has 0 spiro atoms. The molecule has 0 saturated heterocycles. The number of hydrogen-bond donors (Lipinski definition) is 3. The molecule has 0 aliphatic rings. The summed E-state index contributed by atoms with van der Waals surface area (Å²) < 4.78 is 0. The average Bonchev–Trinajstić information content (AvgIpc) is 2.08. The van der Waals surface area contributed by atoms with E-state index in [2.05, 4.69) is 17.8 Å². The van der Waals surface area contributed by atoms with E-state index in [9.17, 15) is 0 Å². The van der Waals surface area contributed by atoms with E-state index in [4.69, 9.17) is 17.2 Å². The van der Waals surface area contributed by atoms with Gasteiger partial charge < -0.3 is 17.2 Å². The molecular weight excluding hydrogens is 389 g/mol. The second-order valence-electron chi connectivity index (χ2n) is 2.50. The first-order valence-electron chi connectivity index (χ1n) is 3.41. The van der Waals surface area contributed by atoms with Crippen molar-refractivity contribution in [3.63, 3.8) is 0 Å². The van der Waals surface area contributed by atoms with Crippen molar-refractivity contribution in [3.8, 4) is 0 Å². The molecule has 0 atom stereocenters. The zero-order valence-corrected chi connectivity index (χ0v) is 11.1. The van der Waals surface area contributed by atoms with Crippen LogP contribution in [0.15, 0.2) is 4.99 Å². The van der Waals surface area contributed by atoms with Crippen LogP contribution in [-0.2, 0) is 0 Å². The first-order valence-corrected chi connectivity index (χ1v) is 3.41. The van der Waals surface area contributed by atoms with Crippen molar-refractivity contribution in [2.75, 3.05) is 17.2 Å². The van der Waals surface area contributed by atoms with Crippen LogP contribution in [-0.4, -0.2) is 6.72 Å². The summed E-state index contributed by atoms with van der Waals surface area (Å²) in [6, 6.07) is 2.78. The van der Waals surface area contributed by atoms with E-state index in [-0.39, 0.29) is 29.9 Å². The Kier molecular flexibility index (Phi) is 4.27. The molecule has 1 aromatic rings. The van der Waals surface area contributed by atoms with Crippen LogP contribution in [0, 0.1) is 42.9 Å². The van der Waals surface area contributed by atoms with Crippen molar-refractivity contribution >= 4 is 29.5 Å². The van der Waals surface area contributed by atoms with Gasteiger partial charge >= 0.3 is 0 Å². The van der Waals surface area contributed by atoms with Crippen LogP contribution >= 0.6 is 0 Å². The van der Waals surface area contributed by atoms with Crippen LogP contribution in [0.2, 0.25) is 0 Å². The summed E-state index contributed by atoms with van der Waals surface area (Å²) in [5.74, 6) is 0. The molecule has 0 aliphatic carbocycles. The van der Waals surface area contributed by atoms with E-state index in [0.717, 1.165) is 5.56 Å². The Morgan fingerprint density at radius 3 is 2.23 bits per heavy atom. The van der Waals surface area contributed by atoms with Gasteiger partial charge in [0.15, 0.2) is 0 Å². The minimum Gasteiger partial charge on any atom is -0.446 e. The topological polar surface area (TPSA) is 90.4 Å². The minimum absolute atomic E-state index is 0. The molecule has 0 aromatic heterocycles. The second kappa shape index (κ2) is 4.51. The number of aliphatic imine (C=N–C) groups is 1. The number of rotatable bonds is 1. The molecule has 13 heavy (non-hydrogen) atoms. The minimum atomic E-state index is 0. The third kappa shape index (κ3) is 2.16. The number of nitrogen functional groups attached to an aromatic ring is 3. The fourth-order valence-corrected chi connectivity index (χ4v) is 0.888. The van der Waals surface area contributed by atoms with Gasteiger partial charge in [-0.15, -0.1) is 11.6 Å². The maximum Gasteiger partial charge on any atom is 0 e. The molecule has 0 bridgehead atoms. The van der Waals surface area contributed by atoms with Crippen molar-refractivity contribution in [1.29, 1.82) is 0 Å². The summed E-state index contributed by atoms with van der Waals surface area (Å²) in [7, 11) is 0. The number of hydrogen-bond acceptors (Lipinski definition) is 4. The SMILES string of the molecule is C=Nc1[c-]c(N)c(C)c(N)c1N.[Np]. The van der Waals surface area contributed by atoms with Crippen molar-refractivity contribution in [3.05, 3.63) is 11.6 Å². The van der Waals surface area contributed by atoms with Gasteiger partial charge in [0.05, 0.1) is 0 Å². The van der Waals surface area contributed by atoms with Gasteiger partial charge in [-0.2, -0.15) is 0 Å². The predicted molar refractivity (Wildman–Crippen MR) is 52.5 cm³/mol. The molecule has 6 N–H and O–H groups in total. The smallest absolute Gasteiger partial charge is 0 e. The fourth-order valence-electron chi connectivity index (χ4n) is 0.888. The summed E-state index contributed by atoms with van der Waals surface area (Å²) in [4.78, 5) is 3.64. The molecule has 1 rings (SSSR count). The molecule has 0 saturated carbocycles. The summed E-state index contributed by atoms with van der Waals surface area (Å²) in [5, 5.41) is 0. The van der Waals surface area contributed by atoms with Gasteiger partial charge in [0.1, 0.15) is 0 Å². The zero-order chi connectivity index (χ0) is 9.30. The first kappa shape index (κ1) is 12.3. The largest absolute Gasteiger partial charge is 0.446 e. The molecule has 1 aromatic carbocycles. The van der Waals surface area contributed by atoms with E-state index >= 15 is 0 Å². The number of benzene rings is 1. The first-order chi connectivity index (χ1) is 5.57. The van der Waals surface area contributed by atoms with E-state index in [0.29, 0.717) is 22.7 Å². The Labute approximate surface area is 99.9 Å². The molecule has 1 radical (unpaired) electrons. The van der Waals surface area contributed by atoms with Crippen LogP contribution in [0.5, 0.6) is 0 Å². The summed E-state index contributed by atoms with van der Waals surface area (Å²) in [6.07, 6.45) is 0. The van der Waals surface area contributed by atoms with Gasteiger partial charge in [-0.05, 0) is 18.1 Å². The van der Waals surface area contributed by atoms with Crippen LogP contribution in [0.3, 0.4) is 0 Å². The van der Waals surface area contributed by atoms with Crippen LogP contribution < -0.4 is 17.2 Å².